The van der Waals surface area contributed by atoms with Crippen LogP contribution in [0.3, 0.4) is 0 Å². The molecular formula is C29H19F3S. The van der Waals surface area contributed by atoms with Gasteiger partial charge in [0.15, 0.2) is 11.6 Å². The van der Waals surface area contributed by atoms with Crippen LogP contribution in [0.2, 0.25) is 0 Å². The first-order valence-corrected chi connectivity index (χ1v) is 10.4. The minimum absolute atomic E-state index is 0.245. The third kappa shape index (κ3) is 7.96. The van der Waals surface area contributed by atoms with Crippen molar-refractivity contribution in [1.82, 2.24) is 0 Å². The molecule has 0 atom stereocenters. The lowest BCUT2D eigenvalue weighted by Gasteiger charge is -1.94. The maximum absolute atomic E-state index is 12.9. The van der Waals surface area contributed by atoms with E-state index in [1.54, 1.807) is 12.1 Å². The first-order chi connectivity index (χ1) is 15.9. The summed E-state index contributed by atoms with van der Waals surface area (Å²) in [6.07, 6.45) is 0. The van der Waals surface area contributed by atoms with Crippen molar-refractivity contribution in [2.75, 3.05) is 0 Å². The van der Waals surface area contributed by atoms with Crippen LogP contribution in [0, 0.1) is 48.1 Å². The minimum Gasteiger partial charge on any atom is -0.207 e. The molecule has 0 radical (unpaired) electrons. The molecular weight excluding hydrogens is 437 g/mol. The molecule has 4 aromatic carbocycles. The van der Waals surface area contributed by atoms with Gasteiger partial charge in [-0.2, -0.15) is 0 Å². The van der Waals surface area contributed by atoms with E-state index < -0.39 is 11.6 Å². The summed E-state index contributed by atoms with van der Waals surface area (Å²) in [7, 11) is 0. The normalized spacial score (nSPS) is 9.48. The lowest BCUT2D eigenvalue weighted by atomic mass is 10.1. The highest BCUT2D eigenvalue weighted by Crippen LogP contribution is 2.09. The Labute approximate surface area is 197 Å². The van der Waals surface area contributed by atoms with Crippen molar-refractivity contribution < 1.29 is 13.2 Å². The quantitative estimate of drug-likeness (QED) is 0.210. The van der Waals surface area contributed by atoms with Crippen LogP contribution >= 0.6 is 12.6 Å². The highest BCUT2D eigenvalue weighted by molar-refractivity contribution is 7.80. The van der Waals surface area contributed by atoms with Crippen molar-refractivity contribution >= 4 is 12.6 Å². The fourth-order valence-electron chi connectivity index (χ4n) is 2.58. The number of rotatable bonds is 0. The van der Waals surface area contributed by atoms with Gasteiger partial charge in [-0.15, -0.1) is 12.6 Å². The van der Waals surface area contributed by atoms with Crippen molar-refractivity contribution in [3.8, 4) is 23.7 Å². The first-order valence-electron chi connectivity index (χ1n) is 9.99. The van der Waals surface area contributed by atoms with Gasteiger partial charge in [0.25, 0.3) is 0 Å². The summed E-state index contributed by atoms with van der Waals surface area (Å²) < 4.78 is 38.2. The Hall–Kier alpha value is -3.86. The zero-order valence-corrected chi connectivity index (χ0v) is 18.6. The Bertz CT molecular complexity index is 1280. The second-order valence-electron chi connectivity index (χ2n) is 7.05. The van der Waals surface area contributed by atoms with Crippen molar-refractivity contribution in [1.29, 1.82) is 0 Å². The van der Waals surface area contributed by atoms with Gasteiger partial charge in [-0.1, -0.05) is 41.4 Å². The SMILES string of the molecule is Cc1ccc(C#Cc2ccc(F)c(F)c2)cc1.Fc1ccc(C#Cc2ccc(S)cc2)cc1. The Kier molecular flexibility index (Phi) is 8.42. The standard InChI is InChI=1S/C15H10F2.C14H9FS/c1-11-2-4-12(5-3-11)6-7-13-8-9-14(16)15(17)10-13;15-13-7-3-11(4-8-13)1-2-12-5-9-14(16)10-6-12/h2-5,8-10H,1H3;3-10,16H. The highest BCUT2D eigenvalue weighted by Gasteiger charge is 1.99. The Morgan fingerprint density at radius 3 is 1.45 bits per heavy atom. The number of hydrogen-bond donors (Lipinski definition) is 1. The van der Waals surface area contributed by atoms with Gasteiger partial charge in [0, 0.05) is 27.1 Å². The third-order valence-electron chi connectivity index (χ3n) is 4.39. The number of thiol groups is 1. The van der Waals surface area contributed by atoms with Crippen LogP contribution in [0.15, 0.2) is 95.9 Å². The lowest BCUT2D eigenvalue weighted by molar-refractivity contribution is 0.508. The molecule has 0 bridgehead atoms. The third-order valence-corrected chi connectivity index (χ3v) is 4.68. The molecule has 0 fully saturated rings. The molecule has 0 heterocycles. The van der Waals surface area contributed by atoms with Crippen LogP contribution in [0.5, 0.6) is 0 Å². The number of hydrogen-bond acceptors (Lipinski definition) is 1. The van der Waals surface area contributed by atoms with Crippen LogP contribution < -0.4 is 0 Å². The van der Waals surface area contributed by atoms with Crippen LogP contribution in [0.4, 0.5) is 13.2 Å². The number of aryl methyl sites for hydroxylation is 1. The largest absolute Gasteiger partial charge is 0.207 e. The van der Waals surface area contributed by atoms with Gasteiger partial charge in [-0.05, 0) is 85.8 Å². The predicted molar refractivity (Wildman–Crippen MR) is 130 cm³/mol. The van der Waals surface area contributed by atoms with E-state index in [0.29, 0.717) is 5.56 Å². The van der Waals surface area contributed by atoms with Crippen LogP contribution in [0.1, 0.15) is 27.8 Å². The molecule has 0 aliphatic rings. The molecule has 162 valence electrons. The molecule has 0 saturated heterocycles. The highest BCUT2D eigenvalue weighted by atomic mass is 32.1. The van der Waals surface area contributed by atoms with Gasteiger partial charge in [-0.25, -0.2) is 13.2 Å². The zero-order valence-electron chi connectivity index (χ0n) is 17.7. The Balaban J connectivity index is 0.000000186. The summed E-state index contributed by atoms with van der Waals surface area (Å²) in [6, 6.07) is 25.0. The van der Waals surface area contributed by atoms with E-state index in [1.807, 2.05) is 55.5 Å². The van der Waals surface area contributed by atoms with E-state index >= 15 is 0 Å². The van der Waals surface area contributed by atoms with Crippen molar-refractivity contribution in [3.05, 3.63) is 136 Å². The average Bonchev–Trinajstić information content (AvgIpc) is 2.82. The first kappa shape index (κ1) is 23.8. The molecule has 33 heavy (non-hydrogen) atoms. The molecule has 0 saturated carbocycles. The van der Waals surface area contributed by atoms with Gasteiger partial charge >= 0.3 is 0 Å². The Morgan fingerprint density at radius 1 is 0.515 bits per heavy atom. The smallest absolute Gasteiger partial charge is 0.160 e. The summed E-state index contributed by atoms with van der Waals surface area (Å²) in [5, 5.41) is 0. The predicted octanol–water partition coefficient (Wildman–Crippen LogP) is 7.19. The molecule has 4 rings (SSSR count). The molecule has 0 spiro atoms. The lowest BCUT2D eigenvalue weighted by Crippen LogP contribution is -1.84. The molecule has 4 aromatic rings. The summed E-state index contributed by atoms with van der Waals surface area (Å²) >= 11 is 4.19. The molecule has 0 N–H and O–H groups in total. The van der Waals surface area contributed by atoms with E-state index in [-0.39, 0.29) is 5.82 Å². The monoisotopic (exact) mass is 456 g/mol. The second kappa shape index (κ2) is 11.7. The molecule has 0 unspecified atom stereocenters. The Morgan fingerprint density at radius 2 is 0.939 bits per heavy atom. The topological polar surface area (TPSA) is 0 Å². The maximum Gasteiger partial charge on any atom is 0.160 e. The zero-order chi connectivity index (χ0) is 23.6. The molecule has 4 heteroatoms. The fourth-order valence-corrected chi connectivity index (χ4v) is 2.73. The maximum atomic E-state index is 12.9. The summed E-state index contributed by atoms with van der Waals surface area (Å²) in [6.45, 7) is 1.99. The molecule has 0 aromatic heterocycles. The number of benzene rings is 4. The van der Waals surface area contributed by atoms with E-state index in [2.05, 4.69) is 36.3 Å². The van der Waals surface area contributed by atoms with Gasteiger partial charge in [0.1, 0.15) is 5.82 Å². The molecule has 0 amide bonds. The van der Waals surface area contributed by atoms with E-state index in [1.165, 1.54) is 18.2 Å². The van der Waals surface area contributed by atoms with E-state index in [4.69, 9.17) is 0 Å². The molecule has 0 aliphatic carbocycles. The van der Waals surface area contributed by atoms with Crippen LogP contribution in [0.25, 0.3) is 0 Å². The summed E-state index contributed by atoms with van der Waals surface area (Å²) in [4.78, 5) is 0.910. The van der Waals surface area contributed by atoms with Crippen LogP contribution in [-0.4, -0.2) is 0 Å². The van der Waals surface area contributed by atoms with Gasteiger partial charge in [0.2, 0.25) is 0 Å². The summed E-state index contributed by atoms with van der Waals surface area (Å²) in [5.41, 5.74) is 4.19. The molecule has 0 aliphatic heterocycles. The molecule has 0 nitrogen and oxygen atoms in total. The van der Waals surface area contributed by atoms with Crippen LogP contribution in [-0.2, 0) is 0 Å². The minimum atomic E-state index is -0.874. The van der Waals surface area contributed by atoms with E-state index in [9.17, 15) is 13.2 Å². The second-order valence-corrected chi connectivity index (χ2v) is 7.57. The van der Waals surface area contributed by atoms with Crippen molar-refractivity contribution in [3.63, 3.8) is 0 Å². The van der Waals surface area contributed by atoms with E-state index in [0.717, 1.165) is 39.3 Å². The average molecular weight is 457 g/mol. The van der Waals surface area contributed by atoms with Gasteiger partial charge in [0.05, 0.1) is 0 Å². The fraction of sp³-hybridized carbons (Fsp3) is 0.0345. The number of halogens is 3. The van der Waals surface area contributed by atoms with Crippen molar-refractivity contribution in [2.24, 2.45) is 0 Å². The van der Waals surface area contributed by atoms with Gasteiger partial charge < -0.3 is 0 Å². The summed E-state index contributed by atoms with van der Waals surface area (Å²) in [5.74, 6) is 9.68. The van der Waals surface area contributed by atoms with Crippen molar-refractivity contribution in [2.45, 2.75) is 11.8 Å². The van der Waals surface area contributed by atoms with Gasteiger partial charge in [-0.3, -0.25) is 0 Å².